The molecular formula is C18H23N3O3S. The standard InChI is InChI=1S/C18H23N3O3S/c1-14(22)21(4)16-9-11-17(12-10-16)25(23,24)19-13-15-7-5-6-8-18(15)20(2)3/h5-12,19H,13H2,1-4H3. The highest BCUT2D eigenvalue weighted by Gasteiger charge is 2.16. The Balaban J connectivity index is 2.16. The fourth-order valence-corrected chi connectivity index (χ4v) is 3.39. The second-order valence-corrected chi connectivity index (χ2v) is 7.69. The molecule has 0 atom stereocenters. The lowest BCUT2D eigenvalue weighted by Gasteiger charge is -2.18. The van der Waals surface area contributed by atoms with Crippen molar-refractivity contribution in [1.29, 1.82) is 0 Å². The summed E-state index contributed by atoms with van der Waals surface area (Å²) in [4.78, 5) is 14.9. The Morgan fingerprint density at radius 1 is 1.00 bits per heavy atom. The number of para-hydroxylation sites is 1. The van der Waals surface area contributed by atoms with E-state index in [4.69, 9.17) is 0 Å². The van der Waals surface area contributed by atoms with Gasteiger partial charge in [0.25, 0.3) is 0 Å². The molecule has 0 fully saturated rings. The van der Waals surface area contributed by atoms with E-state index >= 15 is 0 Å². The summed E-state index contributed by atoms with van der Waals surface area (Å²) in [6.07, 6.45) is 0. The van der Waals surface area contributed by atoms with Gasteiger partial charge in [-0.1, -0.05) is 18.2 Å². The van der Waals surface area contributed by atoms with Crippen molar-refractivity contribution in [3.8, 4) is 0 Å². The maximum atomic E-state index is 12.5. The van der Waals surface area contributed by atoms with E-state index in [1.807, 2.05) is 43.3 Å². The Hall–Kier alpha value is -2.38. The summed E-state index contributed by atoms with van der Waals surface area (Å²) in [6, 6.07) is 13.8. The predicted molar refractivity (Wildman–Crippen MR) is 100 cm³/mol. The first kappa shape index (κ1) is 19.0. The molecule has 0 aliphatic rings. The van der Waals surface area contributed by atoms with Crippen molar-refractivity contribution in [3.05, 3.63) is 54.1 Å². The zero-order chi connectivity index (χ0) is 18.6. The molecule has 0 saturated heterocycles. The van der Waals surface area contributed by atoms with Crippen LogP contribution in [-0.4, -0.2) is 35.5 Å². The molecule has 0 aliphatic heterocycles. The number of nitrogens with zero attached hydrogens (tertiary/aromatic N) is 2. The molecule has 0 radical (unpaired) electrons. The van der Waals surface area contributed by atoms with Crippen LogP contribution in [0.4, 0.5) is 11.4 Å². The van der Waals surface area contributed by atoms with Crippen LogP contribution in [0.5, 0.6) is 0 Å². The minimum Gasteiger partial charge on any atom is -0.377 e. The van der Waals surface area contributed by atoms with Crippen LogP contribution in [0.3, 0.4) is 0 Å². The molecule has 0 aliphatic carbocycles. The number of anilines is 2. The van der Waals surface area contributed by atoms with E-state index in [1.54, 1.807) is 19.2 Å². The minimum atomic E-state index is -3.64. The lowest BCUT2D eigenvalue weighted by atomic mass is 10.1. The van der Waals surface area contributed by atoms with Gasteiger partial charge in [0, 0.05) is 46.0 Å². The summed E-state index contributed by atoms with van der Waals surface area (Å²) in [6.45, 7) is 1.65. The van der Waals surface area contributed by atoms with Gasteiger partial charge in [0.05, 0.1) is 4.90 Å². The van der Waals surface area contributed by atoms with Gasteiger partial charge in [-0.15, -0.1) is 0 Å². The number of sulfonamides is 1. The van der Waals surface area contributed by atoms with Gasteiger partial charge in [-0.3, -0.25) is 4.79 Å². The van der Waals surface area contributed by atoms with Crippen LogP contribution in [0.2, 0.25) is 0 Å². The number of rotatable bonds is 6. The molecule has 7 heteroatoms. The van der Waals surface area contributed by atoms with Gasteiger partial charge in [0.15, 0.2) is 0 Å². The average Bonchev–Trinajstić information content (AvgIpc) is 2.59. The van der Waals surface area contributed by atoms with Crippen molar-refractivity contribution < 1.29 is 13.2 Å². The van der Waals surface area contributed by atoms with Crippen LogP contribution in [0.1, 0.15) is 12.5 Å². The van der Waals surface area contributed by atoms with Crippen LogP contribution in [0, 0.1) is 0 Å². The van der Waals surface area contributed by atoms with Gasteiger partial charge in [0.2, 0.25) is 15.9 Å². The van der Waals surface area contributed by atoms with E-state index in [1.165, 1.54) is 24.0 Å². The molecule has 0 aromatic heterocycles. The van der Waals surface area contributed by atoms with E-state index in [0.29, 0.717) is 5.69 Å². The molecular weight excluding hydrogens is 338 g/mol. The molecule has 0 saturated carbocycles. The van der Waals surface area contributed by atoms with Crippen LogP contribution in [-0.2, 0) is 21.4 Å². The van der Waals surface area contributed by atoms with Gasteiger partial charge in [-0.2, -0.15) is 0 Å². The number of nitrogens with one attached hydrogen (secondary N) is 1. The first-order chi connectivity index (χ1) is 11.7. The number of carbonyl (C=O) groups is 1. The topological polar surface area (TPSA) is 69.7 Å². The van der Waals surface area contributed by atoms with Crippen LogP contribution in [0.15, 0.2) is 53.4 Å². The molecule has 0 unspecified atom stereocenters. The highest BCUT2D eigenvalue weighted by atomic mass is 32.2. The number of carbonyl (C=O) groups excluding carboxylic acids is 1. The first-order valence-electron chi connectivity index (χ1n) is 7.81. The van der Waals surface area contributed by atoms with Gasteiger partial charge >= 0.3 is 0 Å². The van der Waals surface area contributed by atoms with Gasteiger partial charge < -0.3 is 9.80 Å². The van der Waals surface area contributed by atoms with Crippen molar-refractivity contribution in [2.24, 2.45) is 0 Å². The van der Waals surface area contributed by atoms with Crippen LogP contribution >= 0.6 is 0 Å². The van der Waals surface area contributed by atoms with Crippen LogP contribution in [0.25, 0.3) is 0 Å². The lowest BCUT2D eigenvalue weighted by molar-refractivity contribution is -0.116. The molecule has 2 aromatic rings. The smallest absolute Gasteiger partial charge is 0.240 e. The molecule has 0 heterocycles. The third-order valence-electron chi connectivity index (χ3n) is 3.93. The Morgan fingerprint density at radius 3 is 2.16 bits per heavy atom. The maximum Gasteiger partial charge on any atom is 0.240 e. The normalized spacial score (nSPS) is 11.2. The summed E-state index contributed by atoms with van der Waals surface area (Å²) in [5.74, 6) is -0.117. The number of benzene rings is 2. The van der Waals surface area contributed by atoms with E-state index in [2.05, 4.69) is 4.72 Å². The molecule has 2 aromatic carbocycles. The van der Waals surface area contributed by atoms with E-state index in [0.717, 1.165) is 11.3 Å². The number of hydrogen-bond acceptors (Lipinski definition) is 4. The second kappa shape index (κ2) is 7.67. The SMILES string of the molecule is CC(=O)N(C)c1ccc(S(=O)(=O)NCc2ccccc2N(C)C)cc1. The maximum absolute atomic E-state index is 12.5. The van der Waals surface area contributed by atoms with Crippen molar-refractivity contribution >= 4 is 27.3 Å². The molecule has 1 N–H and O–H groups in total. The Kier molecular flexibility index (Phi) is 5.81. The summed E-state index contributed by atoms with van der Waals surface area (Å²) in [5.41, 5.74) is 2.50. The van der Waals surface area contributed by atoms with Crippen molar-refractivity contribution in [2.75, 3.05) is 30.9 Å². The van der Waals surface area contributed by atoms with Gasteiger partial charge in [-0.05, 0) is 35.9 Å². The highest BCUT2D eigenvalue weighted by molar-refractivity contribution is 7.89. The third kappa shape index (κ3) is 4.58. The molecule has 2 rings (SSSR count). The van der Waals surface area contributed by atoms with Gasteiger partial charge in [0.1, 0.15) is 0 Å². The summed E-state index contributed by atoms with van der Waals surface area (Å²) in [7, 11) is 1.83. The first-order valence-corrected chi connectivity index (χ1v) is 9.30. The zero-order valence-electron chi connectivity index (χ0n) is 14.9. The van der Waals surface area contributed by atoms with Crippen molar-refractivity contribution in [3.63, 3.8) is 0 Å². The third-order valence-corrected chi connectivity index (χ3v) is 5.35. The number of hydrogen-bond donors (Lipinski definition) is 1. The van der Waals surface area contributed by atoms with E-state index < -0.39 is 10.0 Å². The predicted octanol–water partition coefficient (Wildman–Crippen LogP) is 2.21. The molecule has 0 bridgehead atoms. The Labute approximate surface area is 149 Å². The molecule has 6 nitrogen and oxygen atoms in total. The summed E-state index contributed by atoms with van der Waals surface area (Å²) in [5, 5.41) is 0. The Morgan fingerprint density at radius 2 is 1.60 bits per heavy atom. The minimum absolute atomic E-state index is 0.117. The molecule has 0 spiro atoms. The average molecular weight is 361 g/mol. The fourth-order valence-electron chi connectivity index (χ4n) is 2.38. The summed E-state index contributed by atoms with van der Waals surface area (Å²) >= 11 is 0. The van der Waals surface area contributed by atoms with E-state index in [-0.39, 0.29) is 17.3 Å². The van der Waals surface area contributed by atoms with Gasteiger partial charge in [-0.25, -0.2) is 13.1 Å². The van der Waals surface area contributed by atoms with Crippen molar-refractivity contribution in [1.82, 2.24) is 4.72 Å². The lowest BCUT2D eigenvalue weighted by Crippen LogP contribution is -2.25. The summed E-state index contributed by atoms with van der Waals surface area (Å²) < 4.78 is 27.6. The molecule has 134 valence electrons. The van der Waals surface area contributed by atoms with Crippen molar-refractivity contribution in [2.45, 2.75) is 18.4 Å². The number of amides is 1. The largest absolute Gasteiger partial charge is 0.377 e. The van der Waals surface area contributed by atoms with Crippen LogP contribution < -0.4 is 14.5 Å². The Bertz CT molecular complexity index is 846. The quantitative estimate of drug-likeness (QED) is 0.856. The second-order valence-electron chi connectivity index (χ2n) is 5.92. The monoisotopic (exact) mass is 361 g/mol. The molecule has 1 amide bonds. The van der Waals surface area contributed by atoms with E-state index in [9.17, 15) is 13.2 Å². The zero-order valence-corrected chi connectivity index (χ0v) is 15.7. The molecule has 25 heavy (non-hydrogen) atoms. The fraction of sp³-hybridized carbons (Fsp3) is 0.278. The highest BCUT2D eigenvalue weighted by Crippen LogP contribution is 2.20.